The lowest BCUT2D eigenvalue weighted by atomic mass is 10.2. The molecular formula is C19H22ClN3O4. The first-order valence-electron chi connectivity index (χ1n) is 7.83. The third kappa shape index (κ3) is 6.63. The van der Waals surface area contributed by atoms with E-state index in [0.29, 0.717) is 17.2 Å². The highest BCUT2D eigenvalue weighted by atomic mass is 35.5. The number of nitrogens with one attached hydrogen (secondary N) is 1. The van der Waals surface area contributed by atoms with E-state index in [1.165, 1.54) is 26.4 Å². The molecule has 0 radical (unpaired) electrons. The fourth-order valence-corrected chi connectivity index (χ4v) is 2.12. The average molecular weight is 392 g/mol. The molecule has 0 amide bonds. The van der Waals surface area contributed by atoms with Crippen LogP contribution in [0.1, 0.15) is 11.1 Å². The van der Waals surface area contributed by atoms with Gasteiger partial charge in [-0.3, -0.25) is 9.98 Å². The van der Waals surface area contributed by atoms with E-state index in [4.69, 9.17) is 14.9 Å². The molecule has 0 aliphatic carbocycles. The van der Waals surface area contributed by atoms with Crippen molar-refractivity contribution in [2.24, 2.45) is 9.98 Å². The topological polar surface area (TPSA) is 107 Å². The summed E-state index contributed by atoms with van der Waals surface area (Å²) >= 11 is 0. The third-order valence-electron chi connectivity index (χ3n) is 3.45. The highest BCUT2D eigenvalue weighted by Crippen LogP contribution is 2.26. The van der Waals surface area contributed by atoms with E-state index in [-0.39, 0.29) is 37.0 Å². The molecule has 8 heteroatoms. The number of methoxy groups -OCH3 is 2. The van der Waals surface area contributed by atoms with Gasteiger partial charge in [-0.05, 0) is 47.5 Å². The van der Waals surface area contributed by atoms with Gasteiger partial charge in [-0.15, -0.1) is 12.4 Å². The van der Waals surface area contributed by atoms with Crippen molar-refractivity contribution in [1.82, 2.24) is 0 Å². The number of nitrogens with zero attached hydrogens (tertiary/aromatic N) is 2. The molecule has 2 aromatic rings. The zero-order chi connectivity index (χ0) is 18.9. The molecule has 2 rings (SSSR count). The highest BCUT2D eigenvalue weighted by Gasteiger charge is 2.02. The Morgan fingerprint density at radius 2 is 1.30 bits per heavy atom. The summed E-state index contributed by atoms with van der Waals surface area (Å²) in [6, 6.07) is 9.81. The van der Waals surface area contributed by atoms with Gasteiger partial charge in [0.1, 0.15) is 0 Å². The van der Waals surface area contributed by atoms with E-state index in [0.717, 1.165) is 11.1 Å². The predicted molar refractivity (Wildman–Crippen MR) is 109 cm³/mol. The number of benzene rings is 2. The molecular weight excluding hydrogens is 370 g/mol. The quantitative estimate of drug-likeness (QED) is 0.601. The van der Waals surface area contributed by atoms with Crippen LogP contribution >= 0.6 is 12.4 Å². The normalized spacial score (nSPS) is 10.7. The number of hydrogen-bond donors (Lipinski definition) is 3. The molecule has 0 spiro atoms. The Bertz CT molecular complexity index is 770. The van der Waals surface area contributed by atoms with E-state index in [2.05, 4.69) is 9.98 Å². The van der Waals surface area contributed by atoms with Crippen LogP contribution in [0.4, 0.5) is 0 Å². The second-order valence-electron chi connectivity index (χ2n) is 5.41. The van der Waals surface area contributed by atoms with Crippen LogP contribution in [0.3, 0.4) is 0 Å². The molecule has 3 N–H and O–H groups in total. The monoisotopic (exact) mass is 391 g/mol. The van der Waals surface area contributed by atoms with Crippen LogP contribution in [0.2, 0.25) is 0 Å². The number of phenols is 2. The number of rotatable bonds is 8. The standard InChI is InChI=1S/C19H21N3O4.ClH/c1-25-18-7-13(3-5-16(18)23)9-21-11-15(20)12-22-10-14-4-6-17(24)19(8-14)26-2;/h3-10,20,23-24H,11-12H2,1-2H3;1H. The van der Waals surface area contributed by atoms with E-state index in [1.54, 1.807) is 36.7 Å². The summed E-state index contributed by atoms with van der Waals surface area (Å²) in [6.07, 6.45) is 3.23. The van der Waals surface area contributed by atoms with Crippen LogP contribution < -0.4 is 9.47 Å². The van der Waals surface area contributed by atoms with Crippen LogP contribution in [0.15, 0.2) is 46.4 Å². The fraction of sp³-hybridized carbons (Fsp3) is 0.211. The first-order valence-corrected chi connectivity index (χ1v) is 7.83. The Labute approximate surface area is 163 Å². The van der Waals surface area contributed by atoms with Gasteiger partial charge in [-0.25, -0.2) is 0 Å². The van der Waals surface area contributed by atoms with E-state index in [1.807, 2.05) is 0 Å². The Morgan fingerprint density at radius 1 is 0.889 bits per heavy atom. The molecule has 0 aliphatic rings. The number of aromatic hydroxyl groups is 2. The molecule has 0 aromatic heterocycles. The van der Waals surface area contributed by atoms with Gasteiger partial charge >= 0.3 is 0 Å². The van der Waals surface area contributed by atoms with E-state index < -0.39 is 0 Å². The van der Waals surface area contributed by atoms with Crippen LogP contribution in [0.5, 0.6) is 23.0 Å². The molecule has 2 aromatic carbocycles. The Hall–Kier alpha value is -3.06. The van der Waals surface area contributed by atoms with Gasteiger partial charge in [0.05, 0.1) is 33.0 Å². The third-order valence-corrected chi connectivity index (χ3v) is 3.45. The molecule has 27 heavy (non-hydrogen) atoms. The van der Waals surface area contributed by atoms with E-state index >= 15 is 0 Å². The Balaban J connectivity index is 0.00000364. The maximum absolute atomic E-state index is 9.55. The lowest BCUT2D eigenvalue weighted by Gasteiger charge is -2.03. The number of hydrogen-bond acceptors (Lipinski definition) is 7. The van der Waals surface area contributed by atoms with Gasteiger partial charge in [0, 0.05) is 12.4 Å². The van der Waals surface area contributed by atoms with E-state index in [9.17, 15) is 10.2 Å². The number of halogens is 1. The predicted octanol–water partition coefficient (Wildman–Crippen LogP) is 3.09. The number of ether oxygens (including phenoxy) is 2. The van der Waals surface area contributed by atoms with Gasteiger partial charge in [0.2, 0.25) is 0 Å². The molecule has 0 unspecified atom stereocenters. The van der Waals surface area contributed by atoms with Crippen LogP contribution in [0.25, 0.3) is 0 Å². The van der Waals surface area contributed by atoms with Crippen molar-refractivity contribution in [2.45, 2.75) is 0 Å². The summed E-state index contributed by atoms with van der Waals surface area (Å²) < 4.78 is 10.1. The summed E-state index contributed by atoms with van der Waals surface area (Å²) in [5, 5.41) is 27.0. The molecule has 7 nitrogen and oxygen atoms in total. The van der Waals surface area contributed by atoms with Crippen molar-refractivity contribution in [3.05, 3.63) is 47.5 Å². The Morgan fingerprint density at radius 3 is 1.67 bits per heavy atom. The number of phenolic OH excluding ortho intramolecular Hbond substituents is 2. The lowest BCUT2D eigenvalue weighted by Crippen LogP contribution is -2.06. The summed E-state index contributed by atoms with van der Waals surface area (Å²) in [4.78, 5) is 8.40. The van der Waals surface area contributed by atoms with Crippen LogP contribution in [0, 0.1) is 5.41 Å². The van der Waals surface area contributed by atoms with Gasteiger partial charge in [0.15, 0.2) is 23.0 Å². The summed E-state index contributed by atoms with van der Waals surface area (Å²) in [5.41, 5.74) is 1.90. The highest BCUT2D eigenvalue weighted by molar-refractivity contribution is 5.90. The Kier molecular flexibility index (Phi) is 8.81. The zero-order valence-electron chi connectivity index (χ0n) is 15.0. The first kappa shape index (κ1) is 22.0. The molecule has 0 saturated carbocycles. The maximum Gasteiger partial charge on any atom is 0.161 e. The van der Waals surface area contributed by atoms with Crippen molar-refractivity contribution in [2.75, 3.05) is 27.3 Å². The van der Waals surface area contributed by atoms with Crippen LogP contribution in [-0.4, -0.2) is 55.7 Å². The second-order valence-corrected chi connectivity index (χ2v) is 5.41. The average Bonchev–Trinajstić information content (AvgIpc) is 2.64. The largest absolute Gasteiger partial charge is 0.504 e. The molecule has 0 saturated heterocycles. The molecule has 144 valence electrons. The minimum absolute atomic E-state index is 0. The summed E-state index contributed by atoms with van der Waals surface area (Å²) in [5.74, 6) is 0.881. The van der Waals surface area contributed by atoms with Gasteiger partial charge in [-0.1, -0.05) is 0 Å². The van der Waals surface area contributed by atoms with Crippen molar-refractivity contribution in [3.63, 3.8) is 0 Å². The van der Waals surface area contributed by atoms with Crippen molar-refractivity contribution in [1.29, 1.82) is 5.41 Å². The molecule has 0 bridgehead atoms. The molecule has 0 heterocycles. The second kappa shape index (κ2) is 10.8. The van der Waals surface area contributed by atoms with Gasteiger partial charge in [-0.2, -0.15) is 0 Å². The minimum Gasteiger partial charge on any atom is -0.504 e. The summed E-state index contributed by atoms with van der Waals surface area (Å²) in [6.45, 7) is 0.443. The van der Waals surface area contributed by atoms with Gasteiger partial charge in [0.25, 0.3) is 0 Å². The lowest BCUT2D eigenvalue weighted by molar-refractivity contribution is 0.373. The van der Waals surface area contributed by atoms with Crippen LogP contribution in [-0.2, 0) is 0 Å². The molecule has 0 aliphatic heterocycles. The number of aliphatic imine (C=N–C) groups is 2. The molecule has 0 fully saturated rings. The smallest absolute Gasteiger partial charge is 0.161 e. The van der Waals surface area contributed by atoms with Crippen molar-refractivity contribution < 1.29 is 19.7 Å². The van der Waals surface area contributed by atoms with Crippen molar-refractivity contribution in [3.8, 4) is 23.0 Å². The summed E-state index contributed by atoms with van der Waals surface area (Å²) in [7, 11) is 2.96. The van der Waals surface area contributed by atoms with Crippen molar-refractivity contribution >= 4 is 30.5 Å². The maximum atomic E-state index is 9.55. The zero-order valence-corrected chi connectivity index (χ0v) is 15.9. The minimum atomic E-state index is 0. The fourth-order valence-electron chi connectivity index (χ4n) is 2.12. The van der Waals surface area contributed by atoms with Gasteiger partial charge < -0.3 is 25.1 Å². The SMILES string of the molecule is COc1cc(C=NCC(=N)CN=Cc2ccc(O)c(OC)c2)ccc1O.Cl. The first-order chi connectivity index (χ1) is 12.5. The molecule has 0 atom stereocenters.